The fourth-order valence-corrected chi connectivity index (χ4v) is 3.92. The second-order valence-corrected chi connectivity index (χ2v) is 7.97. The van der Waals surface area contributed by atoms with E-state index in [0.717, 1.165) is 18.4 Å². The van der Waals surface area contributed by atoms with E-state index >= 15 is 0 Å². The number of carbonyl (C=O) groups excluding carboxylic acids is 1. The fraction of sp³-hybridized carbons (Fsp3) is 0.385. The van der Waals surface area contributed by atoms with E-state index in [1.165, 1.54) is 0 Å². The summed E-state index contributed by atoms with van der Waals surface area (Å²) in [5.74, 6) is 1.24. The molecule has 1 aliphatic heterocycles. The fourth-order valence-electron chi connectivity index (χ4n) is 3.92. The largest absolute Gasteiger partial charge is 0.494 e. The van der Waals surface area contributed by atoms with E-state index in [-0.39, 0.29) is 18.2 Å². The molecule has 182 valence electrons. The highest BCUT2D eigenvalue weighted by Gasteiger charge is 2.35. The molecule has 0 saturated carbocycles. The molecule has 2 aromatic rings. The lowest BCUT2D eigenvalue weighted by molar-refractivity contribution is 0.0955. The Bertz CT molecular complexity index is 1040. The number of hydrogen-bond donors (Lipinski definition) is 3. The molecular formula is C26H33N3O5. The zero-order chi connectivity index (χ0) is 24.7. The summed E-state index contributed by atoms with van der Waals surface area (Å²) in [6.07, 6.45) is 1.40. The van der Waals surface area contributed by atoms with Gasteiger partial charge in [0.1, 0.15) is 23.0 Å². The van der Waals surface area contributed by atoms with Crippen LogP contribution < -0.4 is 19.7 Å². The number of aliphatic hydroxyl groups excluding tert-OH is 2. The smallest absolute Gasteiger partial charge is 0.251 e. The third-order valence-electron chi connectivity index (χ3n) is 5.70. The van der Waals surface area contributed by atoms with Crippen LogP contribution in [0.4, 0.5) is 5.69 Å². The number of ether oxygens (including phenoxy) is 2. The normalized spacial score (nSPS) is 15.7. The molecule has 1 aliphatic rings. The molecule has 0 spiro atoms. The predicted molar refractivity (Wildman–Crippen MR) is 133 cm³/mol. The quantitative estimate of drug-likeness (QED) is 0.484. The lowest BCUT2D eigenvalue weighted by Gasteiger charge is -2.36. The molecular weight excluding hydrogens is 434 g/mol. The molecule has 8 nitrogen and oxygen atoms in total. The van der Waals surface area contributed by atoms with E-state index in [1.807, 2.05) is 25.1 Å². The first-order chi connectivity index (χ1) is 16.4. The first-order valence-electron chi connectivity index (χ1n) is 11.5. The molecule has 8 heteroatoms. The van der Waals surface area contributed by atoms with Gasteiger partial charge in [-0.3, -0.25) is 9.69 Å². The van der Waals surface area contributed by atoms with Gasteiger partial charge in [-0.1, -0.05) is 31.5 Å². The zero-order valence-corrected chi connectivity index (χ0v) is 20.2. The van der Waals surface area contributed by atoms with E-state index in [4.69, 9.17) is 9.47 Å². The number of methoxy groups -OCH3 is 2. The summed E-state index contributed by atoms with van der Waals surface area (Å²) in [5, 5.41) is 25.0. The van der Waals surface area contributed by atoms with Crippen molar-refractivity contribution < 1.29 is 24.5 Å². The zero-order valence-electron chi connectivity index (χ0n) is 20.2. The Hall–Kier alpha value is -3.52. The Balaban J connectivity index is 2.00. The lowest BCUT2D eigenvalue weighted by Crippen LogP contribution is -2.45. The van der Waals surface area contributed by atoms with Crippen LogP contribution in [-0.4, -0.2) is 48.9 Å². The number of benzene rings is 2. The molecule has 0 aliphatic carbocycles. The minimum atomic E-state index is -1.18. The van der Waals surface area contributed by atoms with Crippen LogP contribution in [0.25, 0.3) is 0 Å². The number of amidine groups is 1. The Labute approximate surface area is 200 Å². The van der Waals surface area contributed by atoms with Gasteiger partial charge in [-0.15, -0.1) is 0 Å². The SMILES string of the molecule is CCCCC1=NC(O)=C(Cc2ccc(C(=O)NCC)cc2)C(O)N1c1c(OC)cccc1OC. The molecule has 0 fully saturated rings. The van der Waals surface area contributed by atoms with Crippen molar-refractivity contribution in [3.8, 4) is 11.5 Å². The second kappa shape index (κ2) is 11.6. The number of hydrogen-bond acceptors (Lipinski definition) is 7. The van der Waals surface area contributed by atoms with E-state index < -0.39 is 6.23 Å². The maximum absolute atomic E-state index is 12.0. The van der Waals surface area contributed by atoms with Crippen LogP contribution in [0, 0.1) is 0 Å². The van der Waals surface area contributed by atoms with E-state index in [2.05, 4.69) is 17.2 Å². The molecule has 1 atom stereocenters. The standard InChI is InChI=1S/C26H33N3O5/c1-5-7-11-22-28-25(31)19(16-17-12-14-18(15-13-17)24(30)27-6-2)26(32)29(22)23-20(33-3)9-8-10-21(23)34-4/h8-10,12-15,26,31-32H,5-7,11,16H2,1-4H3,(H,27,30). The number of nitrogens with one attached hydrogen (secondary N) is 1. The molecule has 0 saturated heterocycles. The Kier molecular flexibility index (Phi) is 8.54. The van der Waals surface area contributed by atoms with Crippen molar-refractivity contribution >= 4 is 17.4 Å². The number of amides is 1. The van der Waals surface area contributed by atoms with Crippen molar-refractivity contribution in [3.63, 3.8) is 0 Å². The lowest BCUT2D eigenvalue weighted by atomic mass is 9.99. The number of unbranched alkanes of at least 4 members (excludes halogenated alkanes) is 1. The maximum atomic E-state index is 12.0. The average Bonchev–Trinajstić information content (AvgIpc) is 2.85. The van der Waals surface area contributed by atoms with E-state index in [1.54, 1.807) is 43.4 Å². The van der Waals surface area contributed by atoms with Gasteiger partial charge in [0.15, 0.2) is 6.23 Å². The van der Waals surface area contributed by atoms with E-state index in [0.29, 0.717) is 47.1 Å². The van der Waals surface area contributed by atoms with Crippen LogP contribution in [0.2, 0.25) is 0 Å². The van der Waals surface area contributed by atoms with Crippen molar-refractivity contribution in [1.29, 1.82) is 0 Å². The molecule has 1 unspecified atom stereocenters. The minimum Gasteiger partial charge on any atom is -0.494 e. The number of aliphatic hydroxyl groups is 2. The molecule has 1 heterocycles. The summed E-state index contributed by atoms with van der Waals surface area (Å²) in [6.45, 7) is 4.48. The second-order valence-electron chi connectivity index (χ2n) is 7.97. The molecule has 0 bridgehead atoms. The van der Waals surface area contributed by atoms with Crippen LogP contribution in [0.15, 0.2) is 58.9 Å². The van der Waals surface area contributed by atoms with Crippen LogP contribution in [0.1, 0.15) is 49.0 Å². The first kappa shape index (κ1) is 25.1. The van der Waals surface area contributed by atoms with Gasteiger partial charge >= 0.3 is 0 Å². The third-order valence-corrected chi connectivity index (χ3v) is 5.70. The summed E-state index contributed by atoms with van der Waals surface area (Å²) >= 11 is 0. The number of rotatable bonds is 10. The molecule has 0 aromatic heterocycles. The van der Waals surface area contributed by atoms with Gasteiger partial charge in [-0.2, -0.15) is 0 Å². The van der Waals surface area contributed by atoms with Crippen LogP contribution in [-0.2, 0) is 6.42 Å². The highest BCUT2D eigenvalue weighted by molar-refractivity contribution is 6.02. The Morgan fingerprint density at radius 1 is 1.09 bits per heavy atom. The highest BCUT2D eigenvalue weighted by Crippen LogP contribution is 2.42. The predicted octanol–water partition coefficient (Wildman–Crippen LogP) is 4.19. The highest BCUT2D eigenvalue weighted by atomic mass is 16.5. The van der Waals surface area contributed by atoms with E-state index in [9.17, 15) is 15.0 Å². The van der Waals surface area contributed by atoms with Crippen LogP contribution in [0.5, 0.6) is 11.5 Å². The van der Waals surface area contributed by atoms with Gasteiger partial charge in [0, 0.05) is 30.5 Å². The van der Waals surface area contributed by atoms with Gasteiger partial charge < -0.3 is 25.0 Å². The number of carbonyl (C=O) groups is 1. The summed E-state index contributed by atoms with van der Waals surface area (Å²) < 4.78 is 11.1. The van der Waals surface area contributed by atoms with Gasteiger partial charge in [-0.05, 0) is 43.2 Å². The van der Waals surface area contributed by atoms with Gasteiger partial charge in [0.05, 0.1) is 14.2 Å². The molecule has 3 N–H and O–H groups in total. The molecule has 1 amide bonds. The summed E-state index contributed by atoms with van der Waals surface area (Å²) in [7, 11) is 3.11. The minimum absolute atomic E-state index is 0.145. The summed E-state index contributed by atoms with van der Waals surface area (Å²) in [4.78, 5) is 18.2. The molecule has 0 radical (unpaired) electrons. The number of para-hydroxylation sites is 1. The summed E-state index contributed by atoms with van der Waals surface area (Å²) in [6, 6.07) is 12.5. The number of nitrogens with zero attached hydrogens (tertiary/aromatic N) is 2. The monoisotopic (exact) mass is 467 g/mol. The van der Waals surface area contributed by atoms with Crippen molar-refractivity contribution in [1.82, 2.24) is 5.32 Å². The Morgan fingerprint density at radius 2 is 1.74 bits per heavy atom. The van der Waals surface area contributed by atoms with Gasteiger partial charge in [0.25, 0.3) is 5.91 Å². The van der Waals surface area contributed by atoms with Crippen molar-refractivity contribution in [2.75, 3.05) is 25.7 Å². The van der Waals surface area contributed by atoms with Crippen molar-refractivity contribution in [2.45, 2.75) is 45.8 Å². The van der Waals surface area contributed by atoms with Crippen molar-refractivity contribution in [3.05, 3.63) is 65.0 Å². The van der Waals surface area contributed by atoms with Crippen molar-refractivity contribution in [2.24, 2.45) is 4.99 Å². The van der Waals surface area contributed by atoms with Crippen LogP contribution >= 0.6 is 0 Å². The van der Waals surface area contributed by atoms with Gasteiger partial charge in [-0.25, -0.2) is 4.99 Å². The molecule has 34 heavy (non-hydrogen) atoms. The molecule has 3 rings (SSSR count). The third kappa shape index (κ3) is 5.34. The summed E-state index contributed by atoms with van der Waals surface area (Å²) in [5.41, 5.74) is 2.27. The molecule has 2 aromatic carbocycles. The number of anilines is 1. The van der Waals surface area contributed by atoms with Crippen LogP contribution in [0.3, 0.4) is 0 Å². The average molecular weight is 468 g/mol. The van der Waals surface area contributed by atoms with Gasteiger partial charge in [0.2, 0.25) is 5.88 Å². The number of aliphatic imine (C=N–C) groups is 1. The Morgan fingerprint density at radius 3 is 2.29 bits per heavy atom. The maximum Gasteiger partial charge on any atom is 0.251 e. The first-order valence-corrected chi connectivity index (χ1v) is 11.5. The topological polar surface area (TPSA) is 104 Å².